The van der Waals surface area contributed by atoms with Crippen LogP contribution in [0.1, 0.15) is 6.92 Å². The fourth-order valence-electron chi connectivity index (χ4n) is 2.02. The average Bonchev–Trinajstić information content (AvgIpc) is 2.63. The van der Waals surface area contributed by atoms with Crippen molar-refractivity contribution in [3.63, 3.8) is 0 Å². The molecule has 0 aromatic carbocycles. The third-order valence-corrected chi connectivity index (χ3v) is 3.66. The van der Waals surface area contributed by atoms with E-state index in [1.165, 1.54) is 12.2 Å². The van der Waals surface area contributed by atoms with Gasteiger partial charge >= 0.3 is 30.8 Å². The van der Waals surface area contributed by atoms with Gasteiger partial charge in [-0.05, 0) is 6.92 Å². The minimum atomic E-state index is -1.04. The first-order valence-electron chi connectivity index (χ1n) is 7.45. The second kappa shape index (κ2) is 13.1. The summed E-state index contributed by atoms with van der Waals surface area (Å²) >= 11 is 0. The molecule has 2 aliphatic rings. The van der Waals surface area contributed by atoms with Gasteiger partial charge in [0.25, 0.3) is 0 Å². The van der Waals surface area contributed by atoms with Crippen molar-refractivity contribution in [1.29, 1.82) is 0 Å². The molecular weight excluding hydrogens is 343 g/mol. The summed E-state index contributed by atoms with van der Waals surface area (Å²) < 4.78 is 24.7. The Balaban J connectivity index is 0. The Kier molecular flexibility index (Phi) is 13.6. The van der Waals surface area contributed by atoms with Gasteiger partial charge in [0, 0.05) is 0 Å². The van der Waals surface area contributed by atoms with Crippen LogP contribution in [0.4, 0.5) is 0 Å². The zero-order valence-corrected chi connectivity index (χ0v) is 15.3. The topological polar surface area (TPSA) is 131 Å². The summed E-state index contributed by atoms with van der Waals surface area (Å²) in [5, 5.41) is 8.76. The molecule has 0 aliphatic carbocycles. The first-order valence-corrected chi connectivity index (χ1v) is 7.45. The van der Waals surface area contributed by atoms with Gasteiger partial charge in [0.2, 0.25) is 0 Å². The molecule has 9 nitrogen and oxygen atoms in total. The van der Waals surface area contributed by atoms with Crippen LogP contribution in [0.2, 0.25) is 0 Å². The normalized spacial score (nSPS) is 19.9. The number of hydrogen-bond donors (Lipinski definition) is 1. The van der Waals surface area contributed by atoms with Crippen LogP contribution in [0.3, 0.4) is 0 Å². The van der Waals surface area contributed by atoms with E-state index in [4.69, 9.17) is 28.8 Å². The Labute approximate surface area is 164 Å². The second-order valence-corrected chi connectivity index (χ2v) is 5.38. The number of ether oxygens (including phenoxy) is 5. The molecule has 0 aromatic rings. The predicted molar refractivity (Wildman–Crippen MR) is 85.0 cm³/mol. The molecule has 0 spiro atoms. The zero-order chi connectivity index (χ0) is 18.1. The fraction of sp³-hybridized carbons (Fsp3) is 0.625. The molecule has 0 atom stereocenters. The minimum absolute atomic E-state index is 0. The SMILES string of the molecule is C=CC1(C(=O)O)COCOC1.C=CC1(C(=O)OCC)COCOC1.[Li+].[OH-]. The molecule has 26 heavy (non-hydrogen) atoms. The number of aliphatic carboxylic acids is 1. The summed E-state index contributed by atoms with van der Waals surface area (Å²) in [7, 11) is 0. The number of carboxylic acid groups (broad SMARTS) is 1. The summed E-state index contributed by atoms with van der Waals surface area (Å²) in [6.07, 6.45) is 2.89. The Hall–Kier alpha value is -1.18. The van der Waals surface area contributed by atoms with E-state index in [1.807, 2.05) is 0 Å². The molecule has 0 amide bonds. The molecule has 2 fully saturated rings. The molecular formula is C16H25LiO9. The largest absolute Gasteiger partial charge is 1.00 e. The van der Waals surface area contributed by atoms with Crippen molar-refractivity contribution in [2.75, 3.05) is 46.6 Å². The molecule has 2 aliphatic heterocycles. The van der Waals surface area contributed by atoms with Crippen LogP contribution >= 0.6 is 0 Å². The van der Waals surface area contributed by atoms with Gasteiger partial charge in [-0.15, -0.1) is 13.2 Å². The zero-order valence-electron chi connectivity index (χ0n) is 15.3. The summed E-state index contributed by atoms with van der Waals surface area (Å²) in [6, 6.07) is 0. The van der Waals surface area contributed by atoms with E-state index in [-0.39, 0.29) is 70.3 Å². The molecule has 0 radical (unpaired) electrons. The van der Waals surface area contributed by atoms with Crippen LogP contribution in [0, 0.1) is 10.8 Å². The van der Waals surface area contributed by atoms with Crippen molar-refractivity contribution in [3.8, 4) is 0 Å². The van der Waals surface area contributed by atoms with Crippen molar-refractivity contribution < 1.29 is 62.7 Å². The molecule has 0 unspecified atom stereocenters. The van der Waals surface area contributed by atoms with Crippen molar-refractivity contribution in [1.82, 2.24) is 0 Å². The van der Waals surface area contributed by atoms with Gasteiger partial charge in [-0.1, -0.05) is 12.2 Å². The van der Waals surface area contributed by atoms with Crippen molar-refractivity contribution in [3.05, 3.63) is 25.3 Å². The van der Waals surface area contributed by atoms with E-state index < -0.39 is 16.8 Å². The summed E-state index contributed by atoms with van der Waals surface area (Å²) in [5.41, 5.74) is -1.85. The number of esters is 1. The van der Waals surface area contributed by atoms with Crippen LogP contribution in [0.5, 0.6) is 0 Å². The van der Waals surface area contributed by atoms with Crippen LogP contribution < -0.4 is 18.9 Å². The maximum absolute atomic E-state index is 11.5. The van der Waals surface area contributed by atoms with Crippen LogP contribution in [-0.4, -0.2) is 69.1 Å². The van der Waals surface area contributed by atoms with Crippen LogP contribution in [0.25, 0.3) is 0 Å². The summed E-state index contributed by atoms with van der Waals surface area (Å²) in [5.74, 6) is -1.28. The van der Waals surface area contributed by atoms with Crippen molar-refractivity contribution in [2.24, 2.45) is 10.8 Å². The third-order valence-electron chi connectivity index (χ3n) is 3.66. The maximum Gasteiger partial charge on any atom is 1.00 e. The summed E-state index contributed by atoms with van der Waals surface area (Å²) in [6.45, 7) is 10.4. The number of hydrogen-bond acceptors (Lipinski definition) is 8. The average molecular weight is 368 g/mol. The van der Waals surface area contributed by atoms with Gasteiger partial charge in [0.1, 0.15) is 24.4 Å². The Bertz CT molecular complexity index is 455. The van der Waals surface area contributed by atoms with Crippen molar-refractivity contribution in [2.45, 2.75) is 6.92 Å². The fourth-order valence-corrected chi connectivity index (χ4v) is 2.02. The molecule has 2 heterocycles. The van der Waals surface area contributed by atoms with E-state index >= 15 is 0 Å². The Morgan fingerprint density at radius 1 is 1.00 bits per heavy atom. The minimum Gasteiger partial charge on any atom is -0.870 e. The number of rotatable bonds is 5. The number of carbonyl (C=O) groups is 2. The number of carbonyl (C=O) groups excluding carboxylic acids is 1. The van der Waals surface area contributed by atoms with Gasteiger partial charge < -0.3 is 34.3 Å². The Morgan fingerprint density at radius 3 is 1.65 bits per heavy atom. The second-order valence-electron chi connectivity index (χ2n) is 5.38. The molecule has 10 heteroatoms. The van der Waals surface area contributed by atoms with Gasteiger partial charge in [-0.2, -0.15) is 0 Å². The first-order chi connectivity index (χ1) is 11.5. The first kappa shape index (κ1) is 27.0. The van der Waals surface area contributed by atoms with Crippen molar-refractivity contribution >= 4 is 11.9 Å². The van der Waals surface area contributed by atoms with E-state index in [0.29, 0.717) is 6.61 Å². The van der Waals surface area contributed by atoms with E-state index in [1.54, 1.807) is 6.92 Å². The molecule has 0 saturated carbocycles. The predicted octanol–water partition coefficient (Wildman–Crippen LogP) is -2.20. The van der Waals surface area contributed by atoms with Crippen LogP contribution in [0.15, 0.2) is 25.3 Å². The maximum atomic E-state index is 11.5. The molecule has 144 valence electrons. The monoisotopic (exact) mass is 368 g/mol. The van der Waals surface area contributed by atoms with E-state index in [0.717, 1.165) is 0 Å². The molecule has 0 aromatic heterocycles. The van der Waals surface area contributed by atoms with E-state index in [2.05, 4.69) is 13.2 Å². The Morgan fingerprint density at radius 2 is 1.38 bits per heavy atom. The third kappa shape index (κ3) is 6.85. The van der Waals surface area contributed by atoms with Crippen LogP contribution in [-0.2, 0) is 33.3 Å². The van der Waals surface area contributed by atoms with E-state index in [9.17, 15) is 9.59 Å². The standard InChI is InChI=1S/C9H14O4.C7H10O4.Li.H2O/c1-3-9(8(10)13-4-2)5-11-7-12-6-9;1-2-7(6(8)9)3-10-5-11-4-7;;/h3H,1,4-7H2,2H3;2H,1,3-5H2,(H,8,9);;1H2/q;;+1;/p-1. The van der Waals surface area contributed by atoms with Gasteiger partial charge in [0.15, 0.2) is 0 Å². The smallest absolute Gasteiger partial charge is 0.870 e. The van der Waals surface area contributed by atoms with Gasteiger partial charge in [-0.3, -0.25) is 9.59 Å². The molecule has 2 N–H and O–H groups in total. The quantitative estimate of drug-likeness (QED) is 0.326. The number of carboxylic acids is 1. The molecule has 2 saturated heterocycles. The molecule has 2 rings (SSSR count). The van der Waals surface area contributed by atoms with Gasteiger partial charge in [0.05, 0.1) is 33.0 Å². The summed E-state index contributed by atoms with van der Waals surface area (Å²) in [4.78, 5) is 22.2. The van der Waals surface area contributed by atoms with Gasteiger partial charge in [-0.25, -0.2) is 0 Å². The molecule has 0 bridgehead atoms.